The first-order valence-corrected chi connectivity index (χ1v) is 12.2. The summed E-state index contributed by atoms with van der Waals surface area (Å²) in [4.78, 5) is 12.0. The molecule has 0 spiro atoms. The molecule has 0 aliphatic rings. The van der Waals surface area contributed by atoms with E-state index >= 15 is 0 Å². The van der Waals surface area contributed by atoms with Gasteiger partial charge in [-0.05, 0) is 67.6 Å². The first-order valence-electron chi connectivity index (χ1n) is 9.19. The van der Waals surface area contributed by atoms with Gasteiger partial charge in [0.2, 0.25) is 0 Å². The summed E-state index contributed by atoms with van der Waals surface area (Å²) in [6.07, 6.45) is 0. The Labute approximate surface area is 181 Å². The van der Waals surface area contributed by atoms with Gasteiger partial charge in [0.15, 0.2) is 0 Å². The summed E-state index contributed by atoms with van der Waals surface area (Å²) in [5.41, 5.74) is 0.369. The standard InChI is InChI=1S/C21H20N2O6S2/c1-2-29-18-10-14-20(15-11-18)30(25,26)22-17-8-12-19(13-9-17)31(27,28)23-21(24)16-6-4-3-5-7-16/h3-15,22H,2H2,1H3,(H,23,24). The van der Waals surface area contributed by atoms with Crippen molar-refractivity contribution in [3.8, 4) is 5.75 Å². The Morgan fingerprint density at radius 3 is 1.90 bits per heavy atom. The zero-order valence-electron chi connectivity index (χ0n) is 16.5. The number of benzene rings is 3. The van der Waals surface area contributed by atoms with E-state index in [-0.39, 0.29) is 21.0 Å². The van der Waals surface area contributed by atoms with Crippen molar-refractivity contribution in [2.75, 3.05) is 11.3 Å². The summed E-state index contributed by atoms with van der Waals surface area (Å²) in [6, 6.07) is 18.8. The predicted octanol–water partition coefficient (Wildman–Crippen LogP) is 3.00. The fourth-order valence-electron chi connectivity index (χ4n) is 2.63. The van der Waals surface area contributed by atoms with Crippen LogP contribution < -0.4 is 14.2 Å². The van der Waals surface area contributed by atoms with Crippen LogP contribution in [0.5, 0.6) is 5.75 Å². The van der Waals surface area contributed by atoms with Gasteiger partial charge >= 0.3 is 0 Å². The second-order valence-corrected chi connectivity index (χ2v) is 9.70. The maximum absolute atomic E-state index is 12.5. The molecular formula is C21H20N2O6S2. The third-order valence-corrected chi connectivity index (χ3v) is 6.87. The number of rotatable bonds is 8. The Kier molecular flexibility index (Phi) is 6.62. The molecule has 8 nitrogen and oxygen atoms in total. The van der Waals surface area contributed by atoms with Crippen molar-refractivity contribution in [3.63, 3.8) is 0 Å². The van der Waals surface area contributed by atoms with Crippen LogP contribution in [0.25, 0.3) is 0 Å². The van der Waals surface area contributed by atoms with Crippen LogP contribution in [0.4, 0.5) is 5.69 Å². The molecule has 0 fully saturated rings. The lowest BCUT2D eigenvalue weighted by atomic mass is 10.2. The second kappa shape index (κ2) is 9.19. The smallest absolute Gasteiger partial charge is 0.264 e. The highest BCUT2D eigenvalue weighted by atomic mass is 32.2. The summed E-state index contributed by atoms with van der Waals surface area (Å²) < 4.78 is 59.6. The maximum atomic E-state index is 12.5. The average molecular weight is 461 g/mol. The van der Waals surface area contributed by atoms with E-state index < -0.39 is 26.0 Å². The first kappa shape index (κ1) is 22.3. The van der Waals surface area contributed by atoms with Crippen LogP contribution >= 0.6 is 0 Å². The summed E-state index contributed by atoms with van der Waals surface area (Å²) >= 11 is 0. The number of amides is 1. The van der Waals surface area contributed by atoms with E-state index in [0.29, 0.717) is 12.4 Å². The number of carbonyl (C=O) groups excluding carboxylic acids is 1. The third-order valence-electron chi connectivity index (χ3n) is 4.12. The molecule has 0 atom stereocenters. The SMILES string of the molecule is CCOc1ccc(S(=O)(=O)Nc2ccc(S(=O)(=O)NC(=O)c3ccccc3)cc2)cc1. The molecule has 0 aliphatic heterocycles. The van der Waals surface area contributed by atoms with Crippen molar-refractivity contribution in [1.82, 2.24) is 4.72 Å². The molecule has 0 saturated heterocycles. The van der Waals surface area contributed by atoms with Crippen LogP contribution in [0.2, 0.25) is 0 Å². The number of hydrogen-bond acceptors (Lipinski definition) is 6. The Hall–Kier alpha value is -3.37. The van der Waals surface area contributed by atoms with E-state index in [1.54, 1.807) is 30.3 Å². The number of hydrogen-bond donors (Lipinski definition) is 2. The molecule has 10 heteroatoms. The monoisotopic (exact) mass is 460 g/mol. The molecule has 0 unspecified atom stereocenters. The molecule has 0 bridgehead atoms. The van der Waals surface area contributed by atoms with E-state index in [9.17, 15) is 21.6 Å². The highest BCUT2D eigenvalue weighted by Gasteiger charge is 2.19. The quantitative estimate of drug-likeness (QED) is 0.533. The maximum Gasteiger partial charge on any atom is 0.264 e. The van der Waals surface area contributed by atoms with Crippen molar-refractivity contribution in [1.29, 1.82) is 0 Å². The van der Waals surface area contributed by atoms with E-state index in [1.807, 2.05) is 11.6 Å². The van der Waals surface area contributed by atoms with E-state index in [2.05, 4.69) is 4.72 Å². The zero-order chi connectivity index (χ0) is 22.5. The minimum atomic E-state index is -4.12. The number of nitrogens with one attached hydrogen (secondary N) is 2. The van der Waals surface area contributed by atoms with Crippen LogP contribution in [0.3, 0.4) is 0 Å². The van der Waals surface area contributed by atoms with Gasteiger partial charge in [-0.1, -0.05) is 18.2 Å². The molecule has 162 valence electrons. The molecule has 2 N–H and O–H groups in total. The fourth-order valence-corrected chi connectivity index (χ4v) is 4.66. The van der Waals surface area contributed by atoms with Gasteiger partial charge in [-0.2, -0.15) is 0 Å². The highest BCUT2D eigenvalue weighted by molar-refractivity contribution is 7.92. The lowest BCUT2D eigenvalue weighted by molar-refractivity contribution is 0.0981. The lowest BCUT2D eigenvalue weighted by Crippen LogP contribution is -2.30. The predicted molar refractivity (Wildman–Crippen MR) is 116 cm³/mol. The Morgan fingerprint density at radius 1 is 0.774 bits per heavy atom. The summed E-state index contributed by atoms with van der Waals surface area (Å²) in [7, 11) is -7.99. The van der Waals surface area contributed by atoms with Crippen LogP contribution in [0.1, 0.15) is 17.3 Å². The van der Waals surface area contributed by atoms with Crippen LogP contribution in [-0.4, -0.2) is 29.3 Å². The highest BCUT2D eigenvalue weighted by Crippen LogP contribution is 2.21. The normalized spacial score (nSPS) is 11.5. The third kappa shape index (κ3) is 5.62. The van der Waals surface area contributed by atoms with Crippen LogP contribution in [-0.2, 0) is 20.0 Å². The number of ether oxygens (including phenoxy) is 1. The zero-order valence-corrected chi connectivity index (χ0v) is 18.1. The summed E-state index contributed by atoms with van der Waals surface area (Å²) in [5, 5.41) is 0. The Morgan fingerprint density at radius 2 is 1.32 bits per heavy atom. The fraction of sp³-hybridized carbons (Fsp3) is 0.0952. The van der Waals surface area contributed by atoms with Crippen LogP contribution in [0.15, 0.2) is 88.7 Å². The van der Waals surface area contributed by atoms with Crippen molar-refractivity contribution >= 4 is 31.6 Å². The Bertz CT molecular complexity index is 1260. The van der Waals surface area contributed by atoms with Crippen LogP contribution in [0, 0.1) is 0 Å². The molecule has 0 aliphatic carbocycles. The number of anilines is 1. The van der Waals surface area contributed by atoms with Gasteiger partial charge in [-0.25, -0.2) is 21.6 Å². The molecular weight excluding hydrogens is 440 g/mol. The average Bonchev–Trinajstić information content (AvgIpc) is 2.75. The molecule has 3 rings (SSSR count). The lowest BCUT2D eigenvalue weighted by Gasteiger charge is -2.11. The Balaban J connectivity index is 1.72. The molecule has 0 saturated carbocycles. The largest absolute Gasteiger partial charge is 0.494 e. The van der Waals surface area contributed by atoms with Crippen molar-refractivity contribution in [2.45, 2.75) is 16.7 Å². The van der Waals surface area contributed by atoms with E-state index in [4.69, 9.17) is 4.74 Å². The van der Waals surface area contributed by atoms with Crippen molar-refractivity contribution in [3.05, 3.63) is 84.4 Å². The van der Waals surface area contributed by atoms with Gasteiger partial charge in [0.25, 0.3) is 26.0 Å². The molecule has 0 radical (unpaired) electrons. The van der Waals surface area contributed by atoms with Crippen molar-refractivity contribution < 1.29 is 26.4 Å². The topological polar surface area (TPSA) is 119 Å². The van der Waals surface area contributed by atoms with Gasteiger partial charge < -0.3 is 4.74 Å². The minimum Gasteiger partial charge on any atom is -0.494 e. The van der Waals surface area contributed by atoms with Gasteiger partial charge in [0, 0.05) is 11.3 Å². The number of carbonyl (C=O) groups is 1. The molecule has 3 aromatic rings. The number of sulfonamides is 2. The van der Waals surface area contributed by atoms with Gasteiger partial charge in [0.05, 0.1) is 16.4 Å². The molecule has 0 heterocycles. The van der Waals surface area contributed by atoms with Crippen molar-refractivity contribution in [2.24, 2.45) is 0 Å². The minimum absolute atomic E-state index is 0.0303. The van der Waals surface area contributed by atoms with E-state index in [0.717, 1.165) is 0 Å². The van der Waals surface area contributed by atoms with Gasteiger partial charge in [-0.15, -0.1) is 0 Å². The first-order chi connectivity index (χ1) is 14.7. The van der Waals surface area contributed by atoms with Gasteiger partial charge in [-0.3, -0.25) is 9.52 Å². The molecule has 3 aromatic carbocycles. The van der Waals surface area contributed by atoms with E-state index in [1.165, 1.54) is 48.5 Å². The molecule has 1 amide bonds. The van der Waals surface area contributed by atoms with Gasteiger partial charge in [0.1, 0.15) is 5.75 Å². The summed E-state index contributed by atoms with van der Waals surface area (Å²) in [6.45, 7) is 2.29. The summed E-state index contributed by atoms with van der Waals surface area (Å²) in [5.74, 6) is -0.213. The second-order valence-electron chi connectivity index (χ2n) is 6.33. The molecule has 0 aromatic heterocycles. The molecule has 31 heavy (non-hydrogen) atoms.